The van der Waals surface area contributed by atoms with Gasteiger partial charge in [-0.1, -0.05) is 25.0 Å². The molecule has 0 aliphatic heterocycles. The van der Waals surface area contributed by atoms with E-state index >= 15 is 0 Å². The second kappa shape index (κ2) is 3.21. The van der Waals surface area contributed by atoms with Crippen molar-refractivity contribution in [1.29, 1.82) is 0 Å². The number of rotatable bonds is 1. The zero-order valence-electron chi connectivity index (χ0n) is 7.63. The van der Waals surface area contributed by atoms with Crippen LogP contribution in [0.4, 0.5) is 0 Å². The molecule has 12 heavy (non-hydrogen) atoms. The van der Waals surface area contributed by atoms with Gasteiger partial charge < -0.3 is 5.11 Å². The molecule has 0 aromatic rings. The Bertz CT molecular complexity index is 179. The summed E-state index contributed by atoms with van der Waals surface area (Å²) in [7, 11) is 0. The van der Waals surface area contributed by atoms with Gasteiger partial charge in [0.05, 0.1) is 5.60 Å². The molecule has 68 valence electrons. The topological polar surface area (TPSA) is 20.2 Å². The van der Waals surface area contributed by atoms with Gasteiger partial charge in [-0.25, -0.2) is 0 Å². The molecule has 0 saturated heterocycles. The third kappa shape index (κ3) is 1.42. The van der Waals surface area contributed by atoms with Crippen molar-refractivity contribution < 1.29 is 5.11 Å². The Morgan fingerprint density at radius 2 is 1.92 bits per heavy atom. The van der Waals surface area contributed by atoms with Crippen LogP contribution in [0.15, 0.2) is 12.2 Å². The van der Waals surface area contributed by atoms with Gasteiger partial charge in [0, 0.05) is 0 Å². The first-order chi connectivity index (χ1) is 5.81. The molecular formula is C11H18O. The summed E-state index contributed by atoms with van der Waals surface area (Å²) in [6, 6.07) is 0. The molecule has 1 atom stereocenters. The lowest BCUT2D eigenvalue weighted by atomic mass is 9.77. The summed E-state index contributed by atoms with van der Waals surface area (Å²) >= 11 is 0. The van der Waals surface area contributed by atoms with Gasteiger partial charge >= 0.3 is 0 Å². The molecule has 2 rings (SSSR count). The molecule has 2 aliphatic rings. The maximum atomic E-state index is 10.3. The molecule has 0 aromatic carbocycles. The molecule has 1 fully saturated rings. The SMILES string of the molecule is OC1(C2CCCC2)CC=CCC1. The number of hydrogen-bond donors (Lipinski definition) is 1. The molecule has 1 N–H and O–H groups in total. The minimum atomic E-state index is -0.328. The van der Waals surface area contributed by atoms with E-state index in [1.165, 1.54) is 25.7 Å². The third-order valence-corrected chi connectivity index (χ3v) is 3.50. The molecule has 0 heterocycles. The lowest BCUT2D eigenvalue weighted by Gasteiger charge is -2.35. The Morgan fingerprint density at radius 1 is 1.17 bits per heavy atom. The summed E-state index contributed by atoms with van der Waals surface area (Å²) in [5.41, 5.74) is -0.328. The van der Waals surface area contributed by atoms with Crippen LogP contribution in [-0.4, -0.2) is 10.7 Å². The molecule has 2 aliphatic carbocycles. The van der Waals surface area contributed by atoms with E-state index in [9.17, 15) is 5.11 Å². The van der Waals surface area contributed by atoms with Crippen molar-refractivity contribution in [1.82, 2.24) is 0 Å². The van der Waals surface area contributed by atoms with Gasteiger partial charge in [-0.05, 0) is 38.0 Å². The highest BCUT2D eigenvalue weighted by Crippen LogP contribution is 2.40. The molecule has 0 amide bonds. The van der Waals surface area contributed by atoms with E-state index in [4.69, 9.17) is 0 Å². The van der Waals surface area contributed by atoms with E-state index < -0.39 is 0 Å². The Balaban J connectivity index is 2.03. The van der Waals surface area contributed by atoms with E-state index in [0.717, 1.165) is 19.3 Å². The first-order valence-electron chi connectivity index (χ1n) is 5.19. The van der Waals surface area contributed by atoms with Crippen LogP contribution < -0.4 is 0 Å². The lowest BCUT2D eigenvalue weighted by Crippen LogP contribution is -2.37. The van der Waals surface area contributed by atoms with Crippen LogP contribution in [-0.2, 0) is 0 Å². The van der Waals surface area contributed by atoms with Gasteiger partial charge in [0.2, 0.25) is 0 Å². The molecule has 1 unspecified atom stereocenters. The minimum Gasteiger partial charge on any atom is -0.389 e. The first-order valence-corrected chi connectivity index (χ1v) is 5.19. The fraction of sp³-hybridized carbons (Fsp3) is 0.818. The van der Waals surface area contributed by atoms with Crippen LogP contribution in [0.2, 0.25) is 0 Å². The fourth-order valence-electron chi connectivity index (χ4n) is 2.67. The standard InChI is InChI=1S/C11H18O/c12-11(8-4-1-5-9-11)10-6-2-3-7-10/h1,4,10,12H,2-3,5-9H2. The summed E-state index contributed by atoms with van der Waals surface area (Å²) in [6.07, 6.45) is 12.5. The molecule has 0 spiro atoms. The second-order valence-electron chi connectivity index (χ2n) is 4.30. The van der Waals surface area contributed by atoms with E-state index in [-0.39, 0.29) is 5.60 Å². The number of aliphatic hydroxyl groups is 1. The molecule has 0 radical (unpaired) electrons. The van der Waals surface area contributed by atoms with E-state index in [0.29, 0.717) is 5.92 Å². The third-order valence-electron chi connectivity index (χ3n) is 3.50. The van der Waals surface area contributed by atoms with E-state index in [1.54, 1.807) is 0 Å². The van der Waals surface area contributed by atoms with E-state index in [2.05, 4.69) is 12.2 Å². The summed E-state index contributed by atoms with van der Waals surface area (Å²) in [5.74, 6) is 0.599. The van der Waals surface area contributed by atoms with Crippen LogP contribution in [0.1, 0.15) is 44.9 Å². The Morgan fingerprint density at radius 3 is 2.50 bits per heavy atom. The predicted molar refractivity (Wildman–Crippen MR) is 49.9 cm³/mol. The fourth-order valence-corrected chi connectivity index (χ4v) is 2.67. The van der Waals surface area contributed by atoms with Crippen LogP contribution in [0.3, 0.4) is 0 Å². The van der Waals surface area contributed by atoms with Gasteiger partial charge in [0.25, 0.3) is 0 Å². The molecule has 1 nitrogen and oxygen atoms in total. The predicted octanol–water partition coefficient (Wildman–Crippen LogP) is 2.65. The average molecular weight is 166 g/mol. The Hall–Kier alpha value is -0.300. The van der Waals surface area contributed by atoms with Crippen molar-refractivity contribution in [2.45, 2.75) is 50.5 Å². The van der Waals surface area contributed by atoms with Crippen molar-refractivity contribution in [3.8, 4) is 0 Å². The van der Waals surface area contributed by atoms with Crippen molar-refractivity contribution in [2.24, 2.45) is 5.92 Å². The lowest BCUT2D eigenvalue weighted by molar-refractivity contribution is -0.0239. The maximum Gasteiger partial charge on any atom is 0.0713 e. The van der Waals surface area contributed by atoms with Gasteiger partial charge in [-0.3, -0.25) is 0 Å². The minimum absolute atomic E-state index is 0.328. The highest BCUT2D eigenvalue weighted by atomic mass is 16.3. The quantitative estimate of drug-likeness (QED) is 0.594. The molecule has 0 aromatic heterocycles. The van der Waals surface area contributed by atoms with Crippen LogP contribution in [0.25, 0.3) is 0 Å². The van der Waals surface area contributed by atoms with Gasteiger partial charge in [0.1, 0.15) is 0 Å². The van der Waals surface area contributed by atoms with Crippen LogP contribution in [0, 0.1) is 5.92 Å². The monoisotopic (exact) mass is 166 g/mol. The van der Waals surface area contributed by atoms with Gasteiger partial charge in [-0.2, -0.15) is 0 Å². The zero-order chi connectivity index (χ0) is 8.44. The summed E-state index contributed by atoms with van der Waals surface area (Å²) < 4.78 is 0. The largest absolute Gasteiger partial charge is 0.389 e. The average Bonchev–Trinajstić information content (AvgIpc) is 2.58. The van der Waals surface area contributed by atoms with Crippen molar-refractivity contribution in [3.05, 3.63) is 12.2 Å². The van der Waals surface area contributed by atoms with Crippen molar-refractivity contribution in [2.75, 3.05) is 0 Å². The van der Waals surface area contributed by atoms with Crippen LogP contribution >= 0.6 is 0 Å². The smallest absolute Gasteiger partial charge is 0.0713 e. The molecule has 0 bridgehead atoms. The van der Waals surface area contributed by atoms with Crippen LogP contribution in [0.5, 0.6) is 0 Å². The maximum absolute atomic E-state index is 10.3. The molecule has 1 heteroatoms. The number of hydrogen-bond acceptors (Lipinski definition) is 1. The van der Waals surface area contributed by atoms with Gasteiger partial charge in [0.15, 0.2) is 0 Å². The Labute approximate surface area is 74.5 Å². The zero-order valence-corrected chi connectivity index (χ0v) is 7.63. The van der Waals surface area contributed by atoms with E-state index in [1.807, 2.05) is 0 Å². The highest BCUT2D eigenvalue weighted by molar-refractivity contribution is 5.02. The molecule has 1 saturated carbocycles. The summed E-state index contributed by atoms with van der Waals surface area (Å²) in [4.78, 5) is 0. The number of allylic oxidation sites excluding steroid dienone is 1. The summed E-state index contributed by atoms with van der Waals surface area (Å²) in [6.45, 7) is 0. The highest BCUT2D eigenvalue weighted by Gasteiger charge is 2.37. The van der Waals surface area contributed by atoms with Crippen molar-refractivity contribution in [3.63, 3.8) is 0 Å². The summed E-state index contributed by atoms with van der Waals surface area (Å²) in [5, 5.41) is 10.3. The second-order valence-corrected chi connectivity index (χ2v) is 4.30. The van der Waals surface area contributed by atoms with Crippen molar-refractivity contribution >= 4 is 0 Å². The Kier molecular flexibility index (Phi) is 2.22. The first kappa shape index (κ1) is 8.31. The van der Waals surface area contributed by atoms with Gasteiger partial charge in [-0.15, -0.1) is 0 Å². The molecular weight excluding hydrogens is 148 g/mol. The normalized spacial score (nSPS) is 37.4.